The molecule has 1 aromatic rings. The minimum absolute atomic E-state index is 0.0990. The van der Waals surface area contributed by atoms with Gasteiger partial charge in [-0.3, -0.25) is 4.79 Å². The molecule has 2 heterocycles. The van der Waals surface area contributed by atoms with Gasteiger partial charge in [-0.15, -0.1) is 0 Å². The number of carbonyl (C=O) groups excluding carboxylic acids is 2. The van der Waals surface area contributed by atoms with Crippen molar-refractivity contribution in [2.24, 2.45) is 5.92 Å². The minimum Gasteiger partial charge on any atom is -0.445 e. The predicted octanol–water partition coefficient (Wildman–Crippen LogP) is 1.19. The first-order valence-electron chi connectivity index (χ1n) is 7.52. The van der Waals surface area contributed by atoms with Gasteiger partial charge in [0.2, 0.25) is 5.91 Å². The Labute approximate surface area is 129 Å². The molecule has 0 bridgehead atoms. The number of aliphatic hydroxyl groups excluding tert-OH is 1. The lowest BCUT2D eigenvalue weighted by molar-refractivity contribution is -0.135. The van der Waals surface area contributed by atoms with Crippen molar-refractivity contribution in [1.82, 2.24) is 9.80 Å². The molecule has 0 saturated carbocycles. The van der Waals surface area contributed by atoms with E-state index in [0.29, 0.717) is 13.0 Å². The van der Waals surface area contributed by atoms with Gasteiger partial charge in [0, 0.05) is 6.54 Å². The molecule has 0 unspecified atom stereocenters. The Hall–Kier alpha value is -2.08. The van der Waals surface area contributed by atoms with Crippen molar-refractivity contribution < 1.29 is 19.4 Å². The number of aliphatic hydroxyl groups is 1. The van der Waals surface area contributed by atoms with E-state index in [0.717, 1.165) is 5.56 Å². The van der Waals surface area contributed by atoms with Crippen LogP contribution in [0, 0.1) is 5.92 Å². The van der Waals surface area contributed by atoms with Crippen LogP contribution < -0.4 is 0 Å². The molecule has 22 heavy (non-hydrogen) atoms. The lowest BCUT2D eigenvalue weighted by Gasteiger charge is -2.25. The normalized spacial score (nSPS) is 27.2. The fraction of sp³-hybridized carbons (Fsp3) is 0.500. The van der Waals surface area contributed by atoms with E-state index in [2.05, 4.69) is 0 Å². The van der Waals surface area contributed by atoms with Crippen LogP contribution in [0.4, 0.5) is 4.79 Å². The van der Waals surface area contributed by atoms with Crippen LogP contribution in [-0.4, -0.2) is 52.3 Å². The number of nitrogens with zero attached hydrogens (tertiary/aromatic N) is 2. The molecule has 6 nitrogen and oxygen atoms in total. The quantitative estimate of drug-likeness (QED) is 0.911. The highest BCUT2D eigenvalue weighted by atomic mass is 16.6. The molecular formula is C16H20N2O4. The second kappa shape index (κ2) is 5.96. The topological polar surface area (TPSA) is 70.1 Å². The van der Waals surface area contributed by atoms with Crippen molar-refractivity contribution in [3.05, 3.63) is 35.9 Å². The van der Waals surface area contributed by atoms with E-state index >= 15 is 0 Å². The Bertz CT molecular complexity index is 563. The Morgan fingerprint density at radius 3 is 2.77 bits per heavy atom. The molecule has 118 valence electrons. The van der Waals surface area contributed by atoms with Gasteiger partial charge >= 0.3 is 6.09 Å². The zero-order chi connectivity index (χ0) is 15.7. The third-order valence-electron chi connectivity index (χ3n) is 4.60. The Morgan fingerprint density at radius 2 is 2.09 bits per heavy atom. The van der Waals surface area contributed by atoms with Crippen molar-refractivity contribution in [2.45, 2.75) is 32.0 Å². The number of fused-ring (bicyclic) bond motifs is 1. The number of likely N-dealkylation sites (tertiary alicyclic amines) is 2. The molecule has 0 aliphatic carbocycles. The number of hydrogen-bond donors (Lipinski definition) is 1. The third-order valence-corrected chi connectivity index (χ3v) is 4.60. The SMILES string of the molecule is C[C@@H]1C(=O)N(CO)[C@H]2CCN(C(=O)OCc3ccccc3)[C@H]12. The first-order valence-corrected chi connectivity index (χ1v) is 7.52. The van der Waals surface area contributed by atoms with Crippen LogP contribution in [0.3, 0.4) is 0 Å². The number of hydrogen-bond acceptors (Lipinski definition) is 4. The average Bonchev–Trinajstić information content (AvgIpc) is 3.07. The van der Waals surface area contributed by atoms with Crippen molar-refractivity contribution in [2.75, 3.05) is 13.3 Å². The fourth-order valence-electron chi connectivity index (χ4n) is 3.50. The monoisotopic (exact) mass is 304 g/mol. The van der Waals surface area contributed by atoms with Crippen LogP contribution in [0.15, 0.2) is 30.3 Å². The van der Waals surface area contributed by atoms with E-state index in [1.807, 2.05) is 30.3 Å². The van der Waals surface area contributed by atoms with Gasteiger partial charge in [-0.2, -0.15) is 0 Å². The van der Waals surface area contributed by atoms with E-state index < -0.39 is 6.09 Å². The zero-order valence-corrected chi connectivity index (χ0v) is 12.5. The van der Waals surface area contributed by atoms with Gasteiger partial charge in [0.25, 0.3) is 0 Å². The summed E-state index contributed by atoms with van der Waals surface area (Å²) >= 11 is 0. The second-order valence-electron chi connectivity index (χ2n) is 5.82. The zero-order valence-electron chi connectivity index (χ0n) is 12.5. The van der Waals surface area contributed by atoms with Crippen molar-refractivity contribution in [3.63, 3.8) is 0 Å². The van der Waals surface area contributed by atoms with Crippen LogP contribution in [-0.2, 0) is 16.1 Å². The summed E-state index contributed by atoms with van der Waals surface area (Å²) in [5.41, 5.74) is 0.930. The standard InChI is InChI=1S/C16H20N2O4/c1-11-14-13(18(10-19)15(11)20)7-8-17(14)16(21)22-9-12-5-3-2-4-6-12/h2-6,11,13-14,19H,7-10H2,1H3/t11-,13-,14+/m0/s1. The highest BCUT2D eigenvalue weighted by molar-refractivity contribution is 5.84. The van der Waals surface area contributed by atoms with Crippen molar-refractivity contribution >= 4 is 12.0 Å². The van der Waals surface area contributed by atoms with Crippen LogP contribution in [0.2, 0.25) is 0 Å². The molecule has 1 N–H and O–H groups in total. The van der Waals surface area contributed by atoms with E-state index in [4.69, 9.17) is 4.74 Å². The first kappa shape index (κ1) is 14.8. The van der Waals surface area contributed by atoms with Gasteiger partial charge < -0.3 is 19.6 Å². The van der Waals surface area contributed by atoms with Crippen LogP contribution >= 0.6 is 0 Å². The van der Waals surface area contributed by atoms with Crippen LogP contribution in [0.1, 0.15) is 18.9 Å². The average molecular weight is 304 g/mol. The van der Waals surface area contributed by atoms with Gasteiger partial charge in [-0.1, -0.05) is 37.3 Å². The Kier molecular flexibility index (Phi) is 4.02. The molecule has 2 fully saturated rings. The van der Waals surface area contributed by atoms with Gasteiger partial charge in [-0.05, 0) is 12.0 Å². The maximum Gasteiger partial charge on any atom is 0.410 e. The molecule has 0 aromatic heterocycles. The maximum atomic E-state index is 12.3. The first-order chi connectivity index (χ1) is 10.6. The summed E-state index contributed by atoms with van der Waals surface area (Å²) in [5.74, 6) is -0.401. The number of carbonyl (C=O) groups is 2. The third kappa shape index (κ3) is 2.43. The Morgan fingerprint density at radius 1 is 1.36 bits per heavy atom. The van der Waals surface area contributed by atoms with E-state index in [1.165, 1.54) is 4.90 Å². The lowest BCUT2D eigenvalue weighted by atomic mass is 10.0. The highest BCUT2D eigenvalue weighted by Gasteiger charge is 2.53. The van der Waals surface area contributed by atoms with Gasteiger partial charge in [0.05, 0.1) is 18.0 Å². The van der Waals surface area contributed by atoms with E-state index in [1.54, 1.807) is 11.8 Å². The van der Waals surface area contributed by atoms with Gasteiger partial charge in [0.1, 0.15) is 13.3 Å². The summed E-state index contributed by atoms with van der Waals surface area (Å²) in [6, 6.07) is 9.19. The fourth-order valence-corrected chi connectivity index (χ4v) is 3.50. The van der Waals surface area contributed by atoms with Gasteiger partial charge in [0.15, 0.2) is 0 Å². The summed E-state index contributed by atoms with van der Waals surface area (Å²) in [6.07, 6.45) is 0.290. The molecule has 3 atom stereocenters. The van der Waals surface area contributed by atoms with Crippen LogP contribution in [0.5, 0.6) is 0 Å². The molecule has 2 saturated heterocycles. The molecule has 6 heteroatoms. The lowest BCUT2D eigenvalue weighted by Crippen LogP contribution is -2.42. The maximum absolute atomic E-state index is 12.3. The number of ether oxygens (including phenoxy) is 1. The van der Waals surface area contributed by atoms with Crippen molar-refractivity contribution in [3.8, 4) is 0 Å². The molecule has 3 rings (SSSR count). The largest absolute Gasteiger partial charge is 0.445 e. The van der Waals surface area contributed by atoms with Gasteiger partial charge in [-0.25, -0.2) is 4.79 Å². The smallest absolute Gasteiger partial charge is 0.410 e. The molecule has 2 aliphatic rings. The number of amides is 2. The summed E-state index contributed by atoms with van der Waals surface area (Å²) < 4.78 is 5.37. The minimum atomic E-state index is -0.393. The molecule has 2 aliphatic heterocycles. The van der Waals surface area contributed by atoms with E-state index in [9.17, 15) is 14.7 Å². The number of benzene rings is 1. The van der Waals surface area contributed by atoms with Crippen molar-refractivity contribution in [1.29, 1.82) is 0 Å². The van der Waals surface area contributed by atoms with Crippen LogP contribution in [0.25, 0.3) is 0 Å². The highest BCUT2D eigenvalue weighted by Crippen LogP contribution is 2.36. The molecular weight excluding hydrogens is 284 g/mol. The Balaban J connectivity index is 1.65. The summed E-state index contributed by atoms with van der Waals surface area (Å²) in [7, 11) is 0. The molecule has 0 radical (unpaired) electrons. The number of rotatable bonds is 3. The summed E-state index contributed by atoms with van der Waals surface area (Å²) in [4.78, 5) is 27.5. The predicted molar refractivity (Wildman–Crippen MR) is 78.6 cm³/mol. The second-order valence-corrected chi connectivity index (χ2v) is 5.82. The molecule has 1 aromatic carbocycles. The van der Waals surface area contributed by atoms with E-state index in [-0.39, 0.29) is 37.2 Å². The summed E-state index contributed by atoms with van der Waals surface area (Å²) in [5, 5.41) is 9.35. The summed E-state index contributed by atoms with van der Waals surface area (Å²) in [6.45, 7) is 2.28. The molecule has 0 spiro atoms. The molecule has 2 amide bonds.